The Morgan fingerprint density at radius 2 is 1.50 bits per heavy atom. The van der Waals surface area contributed by atoms with Crippen LogP contribution >= 0.6 is 24.4 Å². The lowest BCUT2D eigenvalue weighted by atomic mass is 10.7. The van der Waals surface area contributed by atoms with E-state index in [1.807, 2.05) is 0 Å². The lowest BCUT2D eigenvalue weighted by molar-refractivity contribution is 0.0598. The van der Waals surface area contributed by atoms with Crippen LogP contribution in [-0.2, 0) is 9.47 Å². The van der Waals surface area contributed by atoms with E-state index in [-0.39, 0.29) is 26.3 Å². The number of thiocarbonyl (C=S) groups is 2. The van der Waals surface area contributed by atoms with E-state index in [0.29, 0.717) is 0 Å². The van der Waals surface area contributed by atoms with Crippen molar-refractivity contribution in [3.8, 4) is 0 Å². The zero-order valence-electron chi connectivity index (χ0n) is 7.26. The van der Waals surface area contributed by atoms with Crippen molar-refractivity contribution in [2.75, 3.05) is 26.3 Å². The van der Waals surface area contributed by atoms with Crippen LogP contribution in [0, 0.1) is 0 Å². The summed E-state index contributed by atoms with van der Waals surface area (Å²) < 4.78 is 9.19. The lowest BCUT2D eigenvalue weighted by Crippen LogP contribution is -2.11. The molecule has 0 unspecified atom stereocenters. The minimum absolute atomic E-state index is 0.124. The first kappa shape index (κ1) is 12.9. The van der Waals surface area contributed by atoms with Crippen molar-refractivity contribution in [3.63, 3.8) is 0 Å². The van der Waals surface area contributed by atoms with E-state index in [4.69, 9.17) is 0 Å². The predicted molar refractivity (Wildman–Crippen MR) is 57.1 cm³/mol. The summed E-state index contributed by atoms with van der Waals surface area (Å²) in [5.41, 5.74) is 0. The highest BCUT2D eigenvalue weighted by molar-refractivity contribution is 7.78. The molecule has 0 saturated carbocycles. The van der Waals surface area contributed by atoms with Gasteiger partial charge in [-0.2, -0.15) is 0 Å². The van der Waals surface area contributed by atoms with E-state index in [1.54, 1.807) is 0 Å². The Morgan fingerprint density at radius 1 is 1.07 bits per heavy atom. The summed E-state index contributed by atoms with van der Waals surface area (Å²) in [6.45, 7) is 0.825. The number of hydrogen-bond acceptors (Lipinski definition) is 7. The Kier molecular flexibility index (Phi) is 9.15. The molecule has 0 rings (SSSR count). The zero-order valence-corrected chi connectivity index (χ0v) is 8.90. The van der Waals surface area contributed by atoms with Gasteiger partial charge in [0.05, 0.1) is 23.4 Å². The molecule has 0 aliphatic rings. The van der Waals surface area contributed by atoms with Gasteiger partial charge in [0.25, 0.3) is 0 Å². The molecule has 0 spiro atoms. The molecule has 0 amide bonds. The third-order valence-corrected chi connectivity index (χ3v) is 1.23. The maximum atomic E-state index is 10.7. The first-order valence-electron chi connectivity index (χ1n) is 3.68. The van der Waals surface area contributed by atoms with E-state index in [9.17, 15) is 4.79 Å². The van der Waals surface area contributed by atoms with Gasteiger partial charge in [-0.1, -0.05) is 0 Å². The number of hydrogen-bond donors (Lipinski definition) is 0. The lowest BCUT2D eigenvalue weighted by Gasteiger charge is -2.02. The molecule has 0 radical (unpaired) electrons. The van der Waals surface area contributed by atoms with Crippen LogP contribution < -0.4 is 0 Å². The van der Waals surface area contributed by atoms with E-state index in [2.05, 4.69) is 54.2 Å². The van der Waals surface area contributed by atoms with Gasteiger partial charge in [-0.25, -0.2) is 14.8 Å². The van der Waals surface area contributed by atoms with Gasteiger partial charge in [0.15, 0.2) is 0 Å². The van der Waals surface area contributed by atoms with E-state index in [0.717, 1.165) is 0 Å². The van der Waals surface area contributed by atoms with Crippen molar-refractivity contribution in [1.82, 2.24) is 0 Å². The maximum absolute atomic E-state index is 10.7. The summed E-state index contributed by atoms with van der Waals surface area (Å²) in [6, 6.07) is 0. The van der Waals surface area contributed by atoms with E-state index < -0.39 is 6.16 Å². The molecule has 0 heterocycles. The monoisotopic (exact) mass is 232 g/mol. The van der Waals surface area contributed by atoms with Crippen LogP contribution in [0.5, 0.6) is 0 Å². The maximum Gasteiger partial charge on any atom is 0.508 e. The molecule has 14 heavy (non-hydrogen) atoms. The van der Waals surface area contributed by atoms with Crippen LogP contribution in [0.4, 0.5) is 4.79 Å². The Balaban J connectivity index is 3.36. The number of nitrogens with zero attached hydrogens (tertiary/aromatic N) is 2. The SMILES string of the molecule is O=C(OCCN=C=S)OCCN=C=S. The molecule has 76 valence electrons. The van der Waals surface area contributed by atoms with Crippen molar-refractivity contribution in [2.24, 2.45) is 9.98 Å². The third kappa shape index (κ3) is 8.96. The molecule has 0 aliphatic carbocycles. The van der Waals surface area contributed by atoms with Gasteiger partial charge in [0.1, 0.15) is 13.2 Å². The summed E-state index contributed by atoms with van der Waals surface area (Å²) in [6.07, 6.45) is -0.760. The highest BCUT2D eigenvalue weighted by atomic mass is 32.1. The number of aliphatic imine (C=N–C) groups is 2. The van der Waals surface area contributed by atoms with Crippen molar-refractivity contribution in [3.05, 3.63) is 0 Å². The molecule has 7 heteroatoms. The van der Waals surface area contributed by atoms with E-state index in [1.165, 1.54) is 0 Å². The van der Waals surface area contributed by atoms with Gasteiger partial charge in [-0.05, 0) is 24.4 Å². The predicted octanol–water partition coefficient (Wildman–Crippen LogP) is 1.35. The summed E-state index contributed by atoms with van der Waals surface area (Å²) in [7, 11) is 0. The van der Waals surface area contributed by atoms with Gasteiger partial charge in [-0.15, -0.1) is 0 Å². The fourth-order valence-corrected chi connectivity index (χ4v) is 0.665. The third-order valence-electron chi connectivity index (χ3n) is 0.975. The summed E-state index contributed by atoms with van der Waals surface area (Å²) in [5, 5.41) is 4.29. The average Bonchev–Trinajstić information content (AvgIpc) is 2.19. The van der Waals surface area contributed by atoms with Gasteiger partial charge >= 0.3 is 6.16 Å². The molecular formula is C7H8N2O3S2. The van der Waals surface area contributed by atoms with Crippen LogP contribution in [0.15, 0.2) is 9.98 Å². The molecule has 0 N–H and O–H groups in total. The Labute approximate surface area is 91.8 Å². The zero-order chi connectivity index (χ0) is 10.6. The fraction of sp³-hybridized carbons (Fsp3) is 0.571. The second-order valence-corrected chi connectivity index (χ2v) is 2.26. The number of rotatable bonds is 6. The molecule has 0 atom stereocenters. The van der Waals surface area contributed by atoms with Crippen LogP contribution in [0.25, 0.3) is 0 Å². The first-order chi connectivity index (χ1) is 6.81. The van der Waals surface area contributed by atoms with Crippen molar-refractivity contribution in [2.45, 2.75) is 0 Å². The normalized spacial score (nSPS) is 8.00. The van der Waals surface area contributed by atoms with Crippen molar-refractivity contribution >= 4 is 40.9 Å². The summed E-state index contributed by atoms with van der Waals surface area (Å²) >= 11 is 8.62. The van der Waals surface area contributed by atoms with Crippen LogP contribution in [0.3, 0.4) is 0 Å². The summed E-state index contributed by atoms with van der Waals surface area (Å²) in [5.74, 6) is 0. The number of carbonyl (C=O) groups is 1. The Hall–Kier alpha value is -1.13. The molecule has 5 nitrogen and oxygen atoms in total. The fourth-order valence-electron chi connectivity index (χ4n) is 0.482. The Bertz CT molecular complexity index is 244. The molecule has 0 fully saturated rings. The average molecular weight is 232 g/mol. The minimum Gasteiger partial charge on any atom is -0.432 e. The molecule has 0 aliphatic heterocycles. The highest BCUT2D eigenvalue weighted by Gasteiger charge is 2.01. The number of isothiocyanates is 2. The van der Waals surface area contributed by atoms with E-state index >= 15 is 0 Å². The molecule has 0 saturated heterocycles. The Morgan fingerprint density at radius 3 is 1.86 bits per heavy atom. The van der Waals surface area contributed by atoms with Gasteiger partial charge < -0.3 is 9.47 Å². The quantitative estimate of drug-likeness (QED) is 0.299. The smallest absolute Gasteiger partial charge is 0.432 e. The first-order valence-corrected chi connectivity index (χ1v) is 4.49. The second-order valence-electron chi connectivity index (χ2n) is 1.89. The number of carbonyl (C=O) groups excluding carboxylic acids is 1. The molecule has 0 bridgehead atoms. The van der Waals surface area contributed by atoms with Crippen LogP contribution in [-0.4, -0.2) is 42.8 Å². The molecular weight excluding hydrogens is 224 g/mol. The standard InChI is InChI=1S/C7H8N2O3S2/c10-7(11-3-1-8-5-13)12-4-2-9-6-14/h1-4H2. The van der Waals surface area contributed by atoms with Gasteiger partial charge in [-0.3, -0.25) is 0 Å². The van der Waals surface area contributed by atoms with Crippen LogP contribution in [0.2, 0.25) is 0 Å². The topological polar surface area (TPSA) is 60.2 Å². The molecule has 0 aromatic heterocycles. The molecule has 0 aromatic carbocycles. The second kappa shape index (κ2) is 9.95. The minimum atomic E-state index is -0.760. The van der Waals surface area contributed by atoms with Crippen molar-refractivity contribution in [1.29, 1.82) is 0 Å². The summed E-state index contributed by atoms with van der Waals surface area (Å²) in [4.78, 5) is 17.8. The van der Waals surface area contributed by atoms with Gasteiger partial charge in [0.2, 0.25) is 0 Å². The van der Waals surface area contributed by atoms with Crippen LogP contribution in [0.1, 0.15) is 0 Å². The van der Waals surface area contributed by atoms with Crippen molar-refractivity contribution < 1.29 is 14.3 Å². The highest BCUT2D eigenvalue weighted by Crippen LogP contribution is 1.85. The molecule has 0 aromatic rings. The van der Waals surface area contributed by atoms with Gasteiger partial charge in [0, 0.05) is 0 Å². The number of ether oxygens (including phenoxy) is 2. The largest absolute Gasteiger partial charge is 0.508 e.